The first-order chi connectivity index (χ1) is 13.0. The van der Waals surface area contributed by atoms with Crippen LogP contribution in [0.15, 0.2) is 52.4 Å². The number of hydrogen-bond donors (Lipinski definition) is 1. The topological polar surface area (TPSA) is 83.1 Å². The van der Waals surface area contributed by atoms with Gasteiger partial charge in [-0.2, -0.15) is 4.99 Å². The molecule has 0 saturated heterocycles. The second kappa shape index (κ2) is 8.83. The Morgan fingerprint density at radius 2 is 1.81 bits per heavy atom. The largest absolute Gasteiger partial charge is 0.497 e. The van der Waals surface area contributed by atoms with Crippen LogP contribution < -0.4 is 19.9 Å². The van der Waals surface area contributed by atoms with E-state index in [-0.39, 0.29) is 11.1 Å². The minimum Gasteiger partial charge on any atom is -0.497 e. The van der Waals surface area contributed by atoms with Crippen molar-refractivity contribution in [3.63, 3.8) is 0 Å². The monoisotopic (exact) mass is 404 g/mol. The molecule has 8 heteroatoms. The second-order valence-corrected chi connectivity index (χ2v) is 6.90. The Labute approximate surface area is 166 Å². The summed E-state index contributed by atoms with van der Waals surface area (Å²) in [5, 5.41) is 0.687. The third kappa shape index (κ3) is 5.18. The predicted octanol–water partition coefficient (Wildman–Crippen LogP) is 3.74. The molecule has 6 nitrogen and oxygen atoms in total. The zero-order valence-electron chi connectivity index (χ0n) is 14.5. The number of nitrogens with zero attached hydrogens (tertiary/aromatic N) is 1. The SMILES string of the molecule is COc1ccc(OCCOc2ccc(/C=C3\SC(N)=NC3=O)cc2Cl)cc1. The molecule has 0 aliphatic carbocycles. The molecule has 2 N–H and O–H groups in total. The van der Waals surface area contributed by atoms with E-state index in [0.717, 1.165) is 28.8 Å². The summed E-state index contributed by atoms with van der Waals surface area (Å²) < 4.78 is 16.3. The molecule has 0 aromatic heterocycles. The van der Waals surface area contributed by atoms with Gasteiger partial charge in [0.05, 0.1) is 17.0 Å². The number of nitrogens with two attached hydrogens (primary N) is 1. The highest BCUT2D eigenvalue weighted by Crippen LogP contribution is 2.30. The van der Waals surface area contributed by atoms with Crippen molar-refractivity contribution in [2.45, 2.75) is 0 Å². The molecule has 0 radical (unpaired) electrons. The zero-order valence-corrected chi connectivity index (χ0v) is 16.0. The Morgan fingerprint density at radius 1 is 1.11 bits per heavy atom. The second-order valence-electron chi connectivity index (χ2n) is 5.43. The number of amidine groups is 1. The molecule has 0 saturated carbocycles. The van der Waals surface area contributed by atoms with E-state index in [0.29, 0.717) is 28.9 Å². The first-order valence-corrected chi connectivity index (χ1v) is 9.22. The van der Waals surface area contributed by atoms with E-state index in [9.17, 15) is 4.79 Å². The standard InChI is InChI=1S/C19H17ClN2O4S/c1-24-13-3-5-14(6-4-13)25-8-9-26-16-7-2-12(10-15(16)20)11-17-18(23)22-19(21)27-17/h2-7,10-11H,8-9H2,1H3,(H2,21,22,23)/b17-11-. The Bertz CT molecular complexity index is 897. The van der Waals surface area contributed by atoms with Gasteiger partial charge in [0.2, 0.25) is 0 Å². The van der Waals surface area contributed by atoms with E-state index in [1.807, 2.05) is 24.3 Å². The third-order valence-electron chi connectivity index (χ3n) is 3.56. The van der Waals surface area contributed by atoms with E-state index < -0.39 is 0 Å². The third-order valence-corrected chi connectivity index (χ3v) is 4.67. The number of aliphatic imine (C=N–C) groups is 1. The van der Waals surface area contributed by atoms with Gasteiger partial charge in [-0.15, -0.1) is 0 Å². The number of amides is 1. The lowest BCUT2D eigenvalue weighted by Gasteiger charge is -2.10. The van der Waals surface area contributed by atoms with Gasteiger partial charge in [-0.3, -0.25) is 4.79 Å². The van der Waals surface area contributed by atoms with Crippen molar-refractivity contribution in [1.29, 1.82) is 0 Å². The van der Waals surface area contributed by atoms with Crippen LogP contribution in [0.25, 0.3) is 6.08 Å². The van der Waals surface area contributed by atoms with Crippen LogP contribution in [0.2, 0.25) is 5.02 Å². The molecule has 1 heterocycles. The first-order valence-electron chi connectivity index (χ1n) is 8.02. The van der Waals surface area contributed by atoms with Gasteiger partial charge in [0.25, 0.3) is 5.91 Å². The molecule has 27 heavy (non-hydrogen) atoms. The quantitative estimate of drug-likeness (QED) is 0.559. The van der Waals surface area contributed by atoms with Crippen molar-refractivity contribution in [1.82, 2.24) is 0 Å². The maximum atomic E-state index is 11.6. The molecule has 2 aromatic carbocycles. The van der Waals surface area contributed by atoms with Crippen LogP contribution in [0.3, 0.4) is 0 Å². The summed E-state index contributed by atoms with van der Waals surface area (Å²) in [6, 6.07) is 12.6. The summed E-state index contributed by atoms with van der Waals surface area (Å²) in [6.45, 7) is 0.709. The molecule has 1 aliphatic heterocycles. The van der Waals surface area contributed by atoms with Crippen molar-refractivity contribution in [3.8, 4) is 17.2 Å². The highest BCUT2D eigenvalue weighted by atomic mass is 35.5. The molecule has 0 fully saturated rings. The van der Waals surface area contributed by atoms with Gasteiger partial charge >= 0.3 is 0 Å². The summed E-state index contributed by atoms with van der Waals surface area (Å²) >= 11 is 7.39. The van der Waals surface area contributed by atoms with Crippen LogP contribution in [-0.4, -0.2) is 31.4 Å². The van der Waals surface area contributed by atoms with Gasteiger partial charge in [0.15, 0.2) is 5.17 Å². The van der Waals surface area contributed by atoms with E-state index in [4.69, 9.17) is 31.5 Å². The van der Waals surface area contributed by atoms with E-state index in [1.165, 1.54) is 0 Å². The summed E-state index contributed by atoms with van der Waals surface area (Å²) in [4.78, 5) is 15.8. The lowest BCUT2D eigenvalue weighted by atomic mass is 10.2. The maximum absolute atomic E-state index is 11.6. The molecular formula is C19H17ClN2O4S. The minimum atomic E-state index is -0.343. The van der Waals surface area contributed by atoms with Gasteiger partial charge in [0.1, 0.15) is 30.5 Å². The fraction of sp³-hybridized carbons (Fsp3) is 0.158. The van der Waals surface area contributed by atoms with Crippen molar-refractivity contribution in [2.75, 3.05) is 20.3 Å². The predicted molar refractivity (Wildman–Crippen MR) is 108 cm³/mol. The molecule has 2 aromatic rings. The van der Waals surface area contributed by atoms with Gasteiger partial charge < -0.3 is 19.9 Å². The Hall–Kier alpha value is -2.64. The Kier molecular flexibility index (Phi) is 6.26. The summed E-state index contributed by atoms with van der Waals surface area (Å²) in [6.07, 6.45) is 1.69. The molecule has 3 rings (SSSR count). The smallest absolute Gasteiger partial charge is 0.286 e. The lowest BCUT2D eigenvalue weighted by molar-refractivity contribution is -0.113. The van der Waals surface area contributed by atoms with Crippen molar-refractivity contribution < 1.29 is 19.0 Å². The number of carbonyl (C=O) groups is 1. The fourth-order valence-corrected chi connectivity index (χ4v) is 3.21. The molecule has 0 spiro atoms. The number of methoxy groups -OCH3 is 1. The lowest BCUT2D eigenvalue weighted by Crippen LogP contribution is -2.09. The molecular weight excluding hydrogens is 388 g/mol. The van der Waals surface area contributed by atoms with E-state index in [2.05, 4.69) is 4.99 Å². The zero-order chi connectivity index (χ0) is 19.2. The number of rotatable bonds is 7. The molecule has 0 bridgehead atoms. The fourth-order valence-electron chi connectivity index (χ4n) is 2.28. The van der Waals surface area contributed by atoms with Crippen molar-refractivity contribution in [2.24, 2.45) is 10.7 Å². The van der Waals surface area contributed by atoms with Crippen LogP contribution in [0.1, 0.15) is 5.56 Å². The molecule has 1 amide bonds. The van der Waals surface area contributed by atoms with Crippen LogP contribution in [0.4, 0.5) is 0 Å². The number of thioether (sulfide) groups is 1. The average molecular weight is 405 g/mol. The van der Waals surface area contributed by atoms with Crippen LogP contribution in [0, 0.1) is 0 Å². The van der Waals surface area contributed by atoms with E-state index in [1.54, 1.807) is 31.4 Å². The summed E-state index contributed by atoms with van der Waals surface area (Å²) in [5.41, 5.74) is 6.30. The highest BCUT2D eigenvalue weighted by molar-refractivity contribution is 8.18. The van der Waals surface area contributed by atoms with Crippen molar-refractivity contribution >= 4 is 40.5 Å². The molecule has 0 atom stereocenters. The van der Waals surface area contributed by atoms with Gasteiger partial charge in [0, 0.05) is 0 Å². The Balaban J connectivity index is 1.52. The average Bonchev–Trinajstić information content (AvgIpc) is 2.97. The summed E-state index contributed by atoms with van der Waals surface area (Å²) in [7, 11) is 1.61. The normalized spacial score (nSPS) is 15.0. The van der Waals surface area contributed by atoms with Crippen LogP contribution in [0.5, 0.6) is 17.2 Å². The van der Waals surface area contributed by atoms with Gasteiger partial charge in [-0.05, 0) is 59.8 Å². The van der Waals surface area contributed by atoms with Crippen LogP contribution in [-0.2, 0) is 4.79 Å². The number of hydrogen-bond acceptors (Lipinski definition) is 6. The Morgan fingerprint density at radius 3 is 2.44 bits per heavy atom. The number of halogens is 1. The number of carbonyl (C=O) groups excluding carboxylic acids is 1. The van der Waals surface area contributed by atoms with E-state index >= 15 is 0 Å². The maximum Gasteiger partial charge on any atom is 0.286 e. The van der Waals surface area contributed by atoms with Crippen molar-refractivity contribution in [3.05, 3.63) is 58.0 Å². The molecule has 140 valence electrons. The minimum absolute atomic E-state index is 0.245. The highest BCUT2D eigenvalue weighted by Gasteiger charge is 2.19. The summed E-state index contributed by atoms with van der Waals surface area (Å²) in [5.74, 6) is 1.70. The number of ether oxygens (including phenoxy) is 3. The van der Waals surface area contributed by atoms with Crippen LogP contribution >= 0.6 is 23.4 Å². The first kappa shape index (κ1) is 19.1. The molecule has 1 aliphatic rings. The number of benzene rings is 2. The van der Waals surface area contributed by atoms with Gasteiger partial charge in [-0.1, -0.05) is 17.7 Å². The molecule has 0 unspecified atom stereocenters. The van der Waals surface area contributed by atoms with Gasteiger partial charge in [-0.25, -0.2) is 0 Å².